The Morgan fingerprint density at radius 2 is 1.52 bits per heavy atom. The normalized spacial score (nSPS) is 25.1. The fourth-order valence-electron chi connectivity index (χ4n) is 3.04. The summed E-state index contributed by atoms with van der Waals surface area (Å²) in [7, 11) is 0. The average molecular weight is 458 g/mol. The molecular formula is C20H24ClNO9. The van der Waals surface area contributed by atoms with E-state index in [-0.39, 0.29) is 6.61 Å². The van der Waals surface area contributed by atoms with Gasteiger partial charge in [-0.15, -0.1) is 0 Å². The van der Waals surface area contributed by atoms with E-state index in [1.54, 1.807) is 24.3 Å². The van der Waals surface area contributed by atoms with Crippen LogP contribution >= 0.6 is 11.6 Å². The van der Waals surface area contributed by atoms with Crippen LogP contribution in [0.25, 0.3) is 0 Å². The molecule has 5 atom stereocenters. The number of ether oxygens (including phenoxy) is 5. The number of esters is 3. The summed E-state index contributed by atoms with van der Waals surface area (Å²) >= 11 is 5.90. The Balaban J connectivity index is 2.43. The number of nitrogens with one attached hydrogen (secondary N) is 1. The van der Waals surface area contributed by atoms with Crippen molar-refractivity contribution in [1.29, 1.82) is 0 Å². The zero-order valence-corrected chi connectivity index (χ0v) is 18.2. The molecule has 1 aromatic rings. The molecule has 1 fully saturated rings. The lowest BCUT2D eigenvalue weighted by Crippen LogP contribution is -2.67. The minimum atomic E-state index is -1.18. The Bertz CT molecular complexity index is 813. The first-order valence-electron chi connectivity index (χ1n) is 9.39. The molecule has 170 valence electrons. The third-order valence-corrected chi connectivity index (χ3v) is 4.39. The van der Waals surface area contributed by atoms with Crippen molar-refractivity contribution in [2.75, 3.05) is 6.61 Å². The van der Waals surface area contributed by atoms with E-state index in [1.165, 1.54) is 20.8 Å². The van der Waals surface area contributed by atoms with Gasteiger partial charge >= 0.3 is 17.9 Å². The summed E-state index contributed by atoms with van der Waals surface area (Å²) in [6.07, 6.45) is -4.58. The fraction of sp³-hybridized carbons (Fsp3) is 0.500. The average Bonchev–Trinajstić information content (AvgIpc) is 2.65. The molecule has 1 N–H and O–H groups in total. The summed E-state index contributed by atoms with van der Waals surface area (Å²) in [5.41, 5.74) is 0. The number of carbonyl (C=O) groups is 4. The van der Waals surface area contributed by atoms with E-state index in [1.807, 2.05) is 0 Å². The van der Waals surface area contributed by atoms with Crippen LogP contribution in [0.2, 0.25) is 5.02 Å². The van der Waals surface area contributed by atoms with E-state index < -0.39 is 54.5 Å². The van der Waals surface area contributed by atoms with Crippen molar-refractivity contribution in [3.8, 4) is 5.75 Å². The Kier molecular flexibility index (Phi) is 8.64. The van der Waals surface area contributed by atoms with Crippen LogP contribution < -0.4 is 10.1 Å². The lowest BCUT2D eigenvalue weighted by molar-refractivity contribution is -0.257. The highest BCUT2D eigenvalue weighted by Gasteiger charge is 2.51. The molecule has 2 rings (SSSR count). The van der Waals surface area contributed by atoms with Crippen LogP contribution in [0.3, 0.4) is 0 Å². The molecule has 1 aliphatic rings. The molecule has 0 spiro atoms. The predicted octanol–water partition coefficient (Wildman–Crippen LogP) is 1.37. The molecule has 1 saturated heterocycles. The molecule has 0 aliphatic carbocycles. The number of rotatable bonds is 7. The van der Waals surface area contributed by atoms with Gasteiger partial charge < -0.3 is 29.0 Å². The highest BCUT2D eigenvalue weighted by atomic mass is 35.5. The van der Waals surface area contributed by atoms with E-state index in [9.17, 15) is 19.2 Å². The van der Waals surface area contributed by atoms with Crippen LogP contribution in [0.4, 0.5) is 0 Å². The molecule has 31 heavy (non-hydrogen) atoms. The molecule has 1 heterocycles. The minimum absolute atomic E-state index is 0.307. The van der Waals surface area contributed by atoms with Gasteiger partial charge in [0.2, 0.25) is 12.2 Å². The molecule has 0 aromatic heterocycles. The Hall–Kier alpha value is -2.85. The largest absolute Gasteiger partial charge is 0.463 e. The SMILES string of the molecule is CC(=O)N[C@@H]1[C@H](Oc2ccc(Cl)cc2)O[C@H](COC(C)=O)[C@H](OC(C)=O)[C@@H]1OC(C)=O. The number of amides is 1. The van der Waals surface area contributed by atoms with Crippen LogP contribution in [0.5, 0.6) is 5.75 Å². The van der Waals surface area contributed by atoms with Gasteiger partial charge in [-0.3, -0.25) is 19.2 Å². The van der Waals surface area contributed by atoms with Gasteiger partial charge in [-0.2, -0.15) is 0 Å². The highest BCUT2D eigenvalue weighted by molar-refractivity contribution is 6.30. The Morgan fingerprint density at radius 1 is 0.935 bits per heavy atom. The van der Waals surface area contributed by atoms with Gasteiger partial charge in [0.25, 0.3) is 0 Å². The summed E-state index contributed by atoms with van der Waals surface area (Å²) in [6, 6.07) is 5.30. The third kappa shape index (κ3) is 7.41. The fourth-order valence-corrected chi connectivity index (χ4v) is 3.16. The Morgan fingerprint density at radius 3 is 2.03 bits per heavy atom. The highest BCUT2D eigenvalue weighted by Crippen LogP contribution is 2.29. The van der Waals surface area contributed by atoms with E-state index in [4.69, 9.17) is 35.3 Å². The van der Waals surface area contributed by atoms with Gasteiger partial charge in [0, 0.05) is 32.7 Å². The van der Waals surface area contributed by atoms with Crippen molar-refractivity contribution < 1.29 is 42.9 Å². The smallest absolute Gasteiger partial charge is 0.303 e. The molecule has 0 radical (unpaired) electrons. The topological polar surface area (TPSA) is 126 Å². The van der Waals surface area contributed by atoms with Crippen LogP contribution in [-0.4, -0.2) is 61.1 Å². The standard InChI is InChI=1S/C20H24ClNO9/c1-10(23)22-17-19(29-13(4)26)18(28-12(3)25)16(9-27-11(2)24)31-20(17)30-15-7-5-14(21)6-8-15/h5-8,16-20H,9H2,1-4H3,(H,22,23)/t16-,17+,18+,19-,20-/m1/s1. The summed E-state index contributed by atoms with van der Waals surface area (Å²) in [5, 5.41) is 3.10. The maximum Gasteiger partial charge on any atom is 0.303 e. The lowest BCUT2D eigenvalue weighted by atomic mass is 9.96. The molecule has 0 bridgehead atoms. The van der Waals surface area contributed by atoms with Crippen LogP contribution in [0.1, 0.15) is 27.7 Å². The molecule has 0 unspecified atom stereocenters. The number of hydrogen-bond donors (Lipinski definition) is 1. The molecule has 1 aromatic carbocycles. The molecule has 1 aliphatic heterocycles. The second-order valence-corrected chi connectivity index (χ2v) is 7.23. The first-order valence-corrected chi connectivity index (χ1v) is 9.77. The van der Waals surface area contributed by atoms with E-state index in [2.05, 4.69) is 5.32 Å². The van der Waals surface area contributed by atoms with Gasteiger partial charge in [-0.05, 0) is 24.3 Å². The van der Waals surface area contributed by atoms with Gasteiger partial charge in [0.1, 0.15) is 24.5 Å². The van der Waals surface area contributed by atoms with Crippen molar-refractivity contribution in [1.82, 2.24) is 5.32 Å². The van der Waals surface area contributed by atoms with Crippen molar-refractivity contribution in [3.63, 3.8) is 0 Å². The van der Waals surface area contributed by atoms with Gasteiger partial charge in [-0.25, -0.2) is 0 Å². The maximum absolute atomic E-state index is 11.9. The van der Waals surface area contributed by atoms with E-state index in [0.717, 1.165) is 6.92 Å². The summed E-state index contributed by atoms with van der Waals surface area (Å²) in [4.78, 5) is 46.7. The van der Waals surface area contributed by atoms with Gasteiger partial charge in [-0.1, -0.05) is 11.6 Å². The Labute approximate surface area is 184 Å². The number of halogens is 1. The first-order chi connectivity index (χ1) is 14.6. The quantitative estimate of drug-likeness (QED) is 0.477. The van der Waals surface area contributed by atoms with Crippen LogP contribution in [0, 0.1) is 0 Å². The zero-order chi connectivity index (χ0) is 23.1. The van der Waals surface area contributed by atoms with E-state index >= 15 is 0 Å². The molecule has 0 saturated carbocycles. The number of carbonyl (C=O) groups excluding carboxylic acids is 4. The molecule has 1 amide bonds. The predicted molar refractivity (Wildman–Crippen MR) is 106 cm³/mol. The van der Waals surface area contributed by atoms with Crippen molar-refractivity contribution >= 4 is 35.4 Å². The third-order valence-electron chi connectivity index (χ3n) is 4.14. The molecular weight excluding hydrogens is 434 g/mol. The summed E-state index contributed by atoms with van der Waals surface area (Å²) in [5.74, 6) is -2.07. The number of hydrogen-bond acceptors (Lipinski definition) is 9. The van der Waals surface area contributed by atoms with Crippen molar-refractivity contribution in [3.05, 3.63) is 29.3 Å². The molecule has 11 heteroatoms. The van der Waals surface area contributed by atoms with Gasteiger partial charge in [0.15, 0.2) is 12.2 Å². The van der Waals surface area contributed by atoms with Crippen molar-refractivity contribution in [2.45, 2.75) is 58.3 Å². The summed E-state index contributed by atoms with van der Waals surface area (Å²) < 4.78 is 27.5. The maximum atomic E-state index is 11.9. The van der Waals surface area contributed by atoms with Crippen molar-refractivity contribution in [2.24, 2.45) is 0 Å². The number of benzene rings is 1. The molecule has 10 nitrogen and oxygen atoms in total. The van der Waals surface area contributed by atoms with E-state index in [0.29, 0.717) is 10.8 Å². The lowest BCUT2D eigenvalue weighted by Gasteiger charge is -2.44. The van der Waals surface area contributed by atoms with Gasteiger partial charge in [0.05, 0.1) is 0 Å². The first kappa shape index (κ1) is 24.4. The zero-order valence-electron chi connectivity index (χ0n) is 17.5. The monoisotopic (exact) mass is 457 g/mol. The minimum Gasteiger partial charge on any atom is -0.463 e. The summed E-state index contributed by atoms with van der Waals surface area (Å²) in [6.45, 7) is 4.49. The van der Waals surface area contributed by atoms with Crippen LogP contribution in [-0.2, 0) is 38.1 Å². The second-order valence-electron chi connectivity index (χ2n) is 6.79. The van der Waals surface area contributed by atoms with Crippen LogP contribution in [0.15, 0.2) is 24.3 Å². The second kappa shape index (κ2) is 11.0.